The molecule has 2 heterocycles. The highest BCUT2D eigenvalue weighted by Gasteiger charge is 2.23. The van der Waals surface area contributed by atoms with Crippen molar-refractivity contribution >= 4 is 29.9 Å². The lowest BCUT2D eigenvalue weighted by atomic mass is 10.0. The zero-order valence-corrected chi connectivity index (χ0v) is 21.9. The van der Waals surface area contributed by atoms with Crippen LogP contribution in [0.15, 0.2) is 29.3 Å². The van der Waals surface area contributed by atoms with E-state index in [4.69, 9.17) is 9.73 Å². The number of benzene rings is 1. The smallest absolute Gasteiger partial charge is 0.191 e. The quantitative estimate of drug-likeness (QED) is 0.285. The fraction of sp³-hybridized carbons (Fsp3) is 0.708. The summed E-state index contributed by atoms with van der Waals surface area (Å²) >= 11 is 0. The molecule has 6 nitrogen and oxygen atoms in total. The van der Waals surface area contributed by atoms with Crippen molar-refractivity contribution in [1.82, 2.24) is 20.4 Å². The number of nitrogens with zero attached hydrogens (tertiary/aromatic N) is 3. The van der Waals surface area contributed by atoms with E-state index in [9.17, 15) is 0 Å². The number of ether oxygens (including phenoxy) is 1. The van der Waals surface area contributed by atoms with Crippen LogP contribution in [0.25, 0.3) is 0 Å². The molecule has 0 aromatic heterocycles. The third-order valence-corrected chi connectivity index (χ3v) is 6.15. The van der Waals surface area contributed by atoms with Crippen molar-refractivity contribution in [1.29, 1.82) is 0 Å². The fourth-order valence-electron chi connectivity index (χ4n) is 4.36. The summed E-state index contributed by atoms with van der Waals surface area (Å²) in [6, 6.07) is 9.46. The molecule has 2 fully saturated rings. The first-order chi connectivity index (χ1) is 14.7. The zero-order valence-electron chi connectivity index (χ0n) is 19.6. The van der Waals surface area contributed by atoms with Crippen molar-refractivity contribution in [2.24, 2.45) is 10.9 Å². The van der Waals surface area contributed by atoms with Crippen LogP contribution in [0.1, 0.15) is 44.7 Å². The van der Waals surface area contributed by atoms with E-state index in [2.05, 4.69) is 65.5 Å². The molecule has 0 saturated carbocycles. The minimum atomic E-state index is 0. The predicted molar refractivity (Wildman–Crippen MR) is 140 cm³/mol. The van der Waals surface area contributed by atoms with Gasteiger partial charge >= 0.3 is 0 Å². The van der Waals surface area contributed by atoms with E-state index >= 15 is 0 Å². The first-order valence-corrected chi connectivity index (χ1v) is 11.8. The van der Waals surface area contributed by atoms with Crippen molar-refractivity contribution in [3.63, 3.8) is 0 Å². The van der Waals surface area contributed by atoms with Crippen LogP contribution in [0.3, 0.4) is 0 Å². The molecule has 1 unspecified atom stereocenters. The Morgan fingerprint density at radius 1 is 1.00 bits per heavy atom. The van der Waals surface area contributed by atoms with Crippen LogP contribution in [0.5, 0.6) is 0 Å². The van der Waals surface area contributed by atoms with Gasteiger partial charge in [-0.2, -0.15) is 0 Å². The Kier molecular flexibility index (Phi) is 12.1. The highest BCUT2D eigenvalue weighted by atomic mass is 127. The van der Waals surface area contributed by atoms with Gasteiger partial charge in [-0.15, -0.1) is 24.0 Å². The minimum absolute atomic E-state index is 0. The van der Waals surface area contributed by atoms with E-state index in [1.54, 1.807) is 0 Å². The Hall–Kier alpha value is -0.900. The monoisotopic (exact) mass is 543 g/mol. The Morgan fingerprint density at radius 3 is 2.26 bits per heavy atom. The number of likely N-dealkylation sites (tertiary alicyclic amines) is 1. The van der Waals surface area contributed by atoms with Gasteiger partial charge in [-0.1, -0.05) is 38.1 Å². The molecule has 2 aliphatic rings. The molecule has 1 aromatic rings. The summed E-state index contributed by atoms with van der Waals surface area (Å²) in [5, 5.41) is 6.98. The van der Waals surface area contributed by atoms with Crippen molar-refractivity contribution in [3.05, 3.63) is 35.4 Å². The Labute approximate surface area is 206 Å². The molecule has 7 heteroatoms. The summed E-state index contributed by atoms with van der Waals surface area (Å²) in [6.07, 6.45) is 2.69. The summed E-state index contributed by atoms with van der Waals surface area (Å²) in [5.41, 5.74) is 2.66. The van der Waals surface area contributed by atoms with Gasteiger partial charge in [0.05, 0.1) is 19.8 Å². The fourth-order valence-corrected chi connectivity index (χ4v) is 4.36. The zero-order chi connectivity index (χ0) is 21.2. The molecule has 2 N–H and O–H groups in total. The maximum Gasteiger partial charge on any atom is 0.191 e. The van der Waals surface area contributed by atoms with Gasteiger partial charge in [0.2, 0.25) is 0 Å². The molecule has 3 rings (SSSR count). The second-order valence-electron chi connectivity index (χ2n) is 8.84. The SMILES string of the molecule is CCNC(=NCc1ccc(CN2CCCC2)cc1)NCC(C(C)C)N1CCOCC1.I. The second kappa shape index (κ2) is 14.3. The number of aliphatic imine (C=N–C) groups is 1. The molecule has 1 atom stereocenters. The van der Waals surface area contributed by atoms with Crippen molar-refractivity contribution in [3.8, 4) is 0 Å². The van der Waals surface area contributed by atoms with Crippen LogP contribution >= 0.6 is 24.0 Å². The molecule has 0 aliphatic carbocycles. The Morgan fingerprint density at radius 2 is 1.65 bits per heavy atom. The first-order valence-electron chi connectivity index (χ1n) is 11.8. The molecule has 0 spiro atoms. The van der Waals surface area contributed by atoms with Crippen LogP contribution in [0, 0.1) is 5.92 Å². The van der Waals surface area contributed by atoms with Gasteiger partial charge < -0.3 is 15.4 Å². The van der Waals surface area contributed by atoms with Crippen molar-refractivity contribution < 1.29 is 4.74 Å². The van der Waals surface area contributed by atoms with Gasteiger partial charge in [-0.25, -0.2) is 4.99 Å². The molecule has 1 aromatic carbocycles. The highest BCUT2D eigenvalue weighted by molar-refractivity contribution is 14.0. The number of nitrogens with one attached hydrogen (secondary N) is 2. The maximum atomic E-state index is 5.53. The number of morpholine rings is 1. The van der Waals surface area contributed by atoms with E-state index in [1.807, 2.05) is 0 Å². The minimum Gasteiger partial charge on any atom is -0.379 e. The van der Waals surface area contributed by atoms with Crippen LogP contribution in [-0.2, 0) is 17.8 Å². The largest absolute Gasteiger partial charge is 0.379 e. The molecule has 2 saturated heterocycles. The van der Waals surface area contributed by atoms with Gasteiger partial charge in [0.25, 0.3) is 0 Å². The second-order valence-corrected chi connectivity index (χ2v) is 8.84. The lowest BCUT2D eigenvalue weighted by Crippen LogP contribution is -2.52. The van der Waals surface area contributed by atoms with Crippen LogP contribution in [0.4, 0.5) is 0 Å². The number of guanidine groups is 1. The van der Waals surface area contributed by atoms with Gasteiger partial charge in [0.1, 0.15) is 0 Å². The van der Waals surface area contributed by atoms with Crippen molar-refractivity contribution in [2.45, 2.75) is 52.7 Å². The van der Waals surface area contributed by atoms with Crippen LogP contribution in [0.2, 0.25) is 0 Å². The number of halogens is 1. The summed E-state index contributed by atoms with van der Waals surface area (Å²) in [6.45, 7) is 16.5. The average molecular weight is 544 g/mol. The standard InChI is InChI=1S/C24H41N5O.HI/c1-4-25-24(27-18-23(20(2)3)29-13-15-30-16-14-29)26-17-21-7-9-22(10-8-21)19-28-11-5-6-12-28;/h7-10,20,23H,4-6,11-19H2,1-3H3,(H2,25,26,27);1H. The lowest BCUT2D eigenvalue weighted by Gasteiger charge is -2.37. The molecular weight excluding hydrogens is 501 g/mol. The molecule has 31 heavy (non-hydrogen) atoms. The molecule has 176 valence electrons. The molecule has 2 aliphatic heterocycles. The van der Waals surface area contributed by atoms with Gasteiger partial charge in [-0.3, -0.25) is 9.80 Å². The van der Waals surface area contributed by atoms with E-state index < -0.39 is 0 Å². The number of hydrogen-bond acceptors (Lipinski definition) is 4. The molecule has 0 bridgehead atoms. The van der Waals surface area contributed by atoms with Gasteiger partial charge in [0.15, 0.2) is 5.96 Å². The Balaban J connectivity index is 0.00000341. The number of rotatable bonds is 9. The number of hydrogen-bond donors (Lipinski definition) is 2. The van der Waals surface area contributed by atoms with Crippen LogP contribution in [-0.4, -0.2) is 74.3 Å². The van der Waals surface area contributed by atoms with Crippen molar-refractivity contribution in [2.75, 3.05) is 52.5 Å². The summed E-state index contributed by atoms with van der Waals surface area (Å²) < 4.78 is 5.53. The first kappa shape index (κ1) is 26.4. The third kappa shape index (κ3) is 8.86. The van der Waals surface area contributed by atoms with Gasteiger partial charge in [0, 0.05) is 38.8 Å². The summed E-state index contributed by atoms with van der Waals surface area (Å²) in [5.74, 6) is 1.49. The topological polar surface area (TPSA) is 52.1 Å². The van der Waals surface area contributed by atoms with E-state index in [1.165, 1.54) is 37.1 Å². The van der Waals surface area contributed by atoms with Crippen LogP contribution < -0.4 is 10.6 Å². The molecular formula is C24H42IN5O. The van der Waals surface area contributed by atoms with E-state index in [0.29, 0.717) is 18.5 Å². The van der Waals surface area contributed by atoms with Gasteiger partial charge in [-0.05, 0) is 49.9 Å². The summed E-state index contributed by atoms with van der Waals surface area (Å²) in [7, 11) is 0. The lowest BCUT2D eigenvalue weighted by molar-refractivity contribution is 0.00752. The highest BCUT2D eigenvalue weighted by Crippen LogP contribution is 2.14. The normalized spacial score (nSPS) is 19.3. The average Bonchev–Trinajstić information content (AvgIpc) is 3.27. The maximum absolute atomic E-state index is 5.53. The molecule has 0 radical (unpaired) electrons. The van der Waals surface area contributed by atoms with E-state index in [-0.39, 0.29) is 24.0 Å². The summed E-state index contributed by atoms with van der Waals surface area (Å²) in [4.78, 5) is 9.92. The predicted octanol–water partition coefficient (Wildman–Crippen LogP) is 3.31. The van der Waals surface area contributed by atoms with E-state index in [0.717, 1.165) is 51.9 Å². The third-order valence-electron chi connectivity index (χ3n) is 6.15. The Bertz CT molecular complexity index is 640. The molecule has 0 amide bonds.